The Kier molecular flexibility index (Phi) is 21.8. The summed E-state index contributed by atoms with van der Waals surface area (Å²) in [6, 6.07) is -2.85. The Morgan fingerprint density at radius 3 is 2.14 bits per heavy atom. The Balaban J connectivity index is 2.91. The van der Waals surface area contributed by atoms with Gasteiger partial charge in [0.2, 0.25) is 47.3 Å². The molecule has 0 radical (unpaired) electrons. The quantitative estimate of drug-likeness (QED) is 0.0203. The second-order valence-electron chi connectivity index (χ2n) is 12.0. The van der Waals surface area contributed by atoms with Gasteiger partial charge in [0.1, 0.15) is 18.1 Å². The van der Waals surface area contributed by atoms with Crippen molar-refractivity contribution < 1.29 is 38.4 Å². The maximum absolute atomic E-state index is 13.9. The Morgan fingerprint density at radius 2 is 1.49 bits per heavy atom. The van der Waals surface area contributed by atoms with Crippen LogP contribution in [0.1, 0.15) is 59.3 Å². The molecule has 0 aromatic rings. The molecule has 1 heterocycles. The number of likely N-dealkylation sites (tertiary alicyclic amines) is 1. The highest BCUT2D eigenvalue weighted by Gasteiger charge is 2.39. The highest BCUT2D eigenvalue weighted by molar-refractivity contribution is 8.76. The van der Waals surface area contributed by atoms with Crippen molar-refractivity contribution in [2.24, 2.45) is 28.1 Å². The van der Waals surface area contributed by atoms with E-state index in [1.54, 1.807) is 6.92 Å². The van der Waals surface area contributed by atoms with Crippen LogP contribution in [0.25, 0.3) is 0 Å². The van der Waals surface area contributed by atoms with Gasteiger partial charge in [0.15, 0.2) is 5.96 Å². The molecule has 1 aliphatic rings. The van der Waals surface area contributed by atoms with E-state index in [0.717, 1.165) is 0 Å². The minimum Gasteiger partial charge on any atom is -0.370 e. The van der Waals surface area contributed by atoms with Crippen molar-refractivity contribution in [3.05, 3.63) is 0 Å². The van der Waals surface area contributed by atoms with E-state index in [-0.39, 0.29) is 81.4 Å². The molecule has 0 saturated carbocycles. The number of hydrogen-bond donors (Lipinski definition) is 9. The minimum atomic E-state index is -1.08. The predicted octanol–water partition coefficient (Wildman–Crippen LogP) is -3.21. The van der Waals surface area contributed by atoms with Crippen LogP contribution in [0.15, 0.2) is 4.99 Å². The SMILES string of the molecule is CCNC(=O)[C@@H](CCCN=C(N)N)NC(=O)[C@@H]1CCCN1C(=O)[C@H](CSSCCC(=O)NCC(=O)NCC(N)=O)NC(=O)CNC(=O)CC(C)C. The van der Waals surface area contributed by atoms with Gasteiger partial charge in [-0.2, -0.15) is 0 Å². The average molecular weight is 760 g/mol. The van der Waals surface area contributed by atoms with Crippen LogP contribution in [0, 0.1) is 5.92 Å². The smallest absolute Gasteiger partial charge is 0.246 e. The number of nitrogens with zero attached hydrogens (tertiary/aromatic N) is 2. The molecule has 1 saturated heterocycles. The third-order valence-electron chi connectivity index (χ3n) is 7.08. The molecule has 0 unspecified atom stereocenters. The molecule has 12 N–H and O–H groups in total. The van der Waals surface area contributed by atoms with Gasteiger partial charge in [-0.05, 0) is 38.5 Å². The fraction of sp³-hybridized carbons (Fsp3) is 0.700. The van der Waals surface area contributed by atoms with Gasteiger partial charge in [0.25, 0.3) is 0 Å². The van der Waals surface area contributed by atoms with E-state index in [4.69, 9.17) is 17.2 Å². The van der Waals surface area contributed by atoms with Gasteiger partial charge >= 0.3 is 0 Å². The third-order valence-corrected chi connectivity index (χ3v) is 9.49. The highest BCUT2D eigenvalue weighted by Crippen LogP contribution is 2.25. The molecule has 3 atom stereocenters. The van der Waals surface area contributed by atoms with Crippen molar-refractivity contribution in [1.82, 2.24) is 36.8 Å². The number of nitrogens with one attached hydrogen (secondary N) is 6. The number of guanidine groups is 1. The van der Waals surface area contributed by atoms with Crippen LogP contribution in [0.4, 0.5) is 0 Å². The van der Waals surface area contributed by atoms with Crippen molar-refractivity contribution in [2.75, 3.05) is 50.8 Å². The molecule has 0 bridgehead atoms. The molecule has 51 heavy (non-hydrogen) atoms. The Morgan fingerprint density at radius 1 is 0.824 bits per heavy atom. The largest absolute Gasteiger partial charge is 0.370 e. The van der Waals surface area contributed by atoms with Gasteiger partial charge < -0.3 is 54.0 Å². The maximum Gasteiger partial charge on any atom is 0.246 e. The van der Waals surface area contributed by atoms with Gasteiger partial charge in [-0.25, -0.2) is 0 Å². The van der Waals surface area contributed by atoms with E-state index in [2.05, 4.69) is 36.9 Å². The number of amides is 8. The van der Waals surface area contributed by atoms with Gasteiger partial charge in [0.05, 0.1) is 19.6 Å². The first kappa shape index (κ1) is 44.8. The lowest BCUT2D eigenvalue weighted by atomic mass is 10.1. The number of carbonyl (C=O) groups excluding carboxylic acids is 8. The standard InChI is InChI=1S/C30H53N11O8S2/c1-4-34-27(47)19(7-5-10-35-30(32)33)40-28(48)21-8-6-11-41(21)29(49)20(39-26(46)16-38-24(44)13-18(2)3)17-51-50-12-9-23(43)37-15-25(45)36-14-22(31)42/h18-21H,4-17H2,1-3H3,(H2,31,42)(H,34,47)(H,36,45)(H,37,43)(H,38,44)(H,39,46)(H,40,48)(H4,32,33,35)/t19-,20+,21+/m1/s1. The molecular formula is C30H53N11O8S2. The Bertz CT molecular complexity index is 1250. The summed E-state index contributed by atoms with van der Waals surface area (Å²) in [6.45, 7) is 5.32. The first-order valence-corrected chi connectivity index (χ1v) is 19.2. The summed E-state index contributed by atoms with van der Waals surface area (Å²) < 4.78 is 0. The summed E-state index contributed by atoms with van der Waals surface area (Å²) in [6.07, 6.45) is 1.80. The van der Waals surface area contributed by atoms with Crippen LogP contribution in [0.3, 0.4) is 0 Å². The average Bonchev–Trinajstić information content (AvgIpc) is 3.55. The van der Waals surface area contributed by atoms with Gasteiger partial charge in [-0.3, -0.25) is 43.3 Å². The van der Waals surface area contributed by atoms with Gasteiger partial charge in [-0.15, -0.1) is 0 Å². The van der Waals surface area contributed by atoms with E-state index in [0.29, 0.717) is 31.6 Å². The molecule has 0 aromatic heterocycles. The van der Waals surface area contributed by atoms with Crippen LogP contribution in [0.5, 0.6) is 0 Å². The molecule has 288 valence electrons. The number of rotatable bonds is 24. The topological polar surface area (TPSA) is 302 Å². The second kappa shape index (κ2) is 24.8. The molecule has 21 heteroatoms. The lowest BCUT2D eigenvalue weighted by Gasteiger charge is -2.29. The zero-order valence-electron chi connectivity index (χ0n) is 29.4. The minimum absolute atomic E-state index is 0.0424. The van der Waals surface area contributed by atoms with Crippen molar-refractivity contribution in [2.45, 2.75) is 77.4 Å². The van der Waals surface area contributed by atoms with Crippen molar-refractivity contribution >= 4 is 74.8 Å². The summed E-state index contributed by atoms with van der Waals surface area (Å²) >= 11 is 0. The zero-order valence-corrected chi connectivity index (χ0v) is 31.1. The first-order chi connectivity index (χ1) is 24.1. The summed E-state index contributed by atoms with van der Waals surface area (Å²) in [5.74, 6) is -3.64. The van der Waals surface area contributed by atoms with Crippen LogP contribution >= 0.6 is 21.6 Å². The van der Waals surface area contributed by atoms with E-state index in [9.17, 15) is 38.4 Å². The molecule has 1 rings (SSSR count). The van der Waals surface area contributed by atoms with E-state index >= 15 is 0 Å². The maximum atomic E-state index is 13.9. The molecule has 0 spiro atoms. The molecule has 19 nitrogen and oxygen atoms in total. The lowest BCUT2D eigenvalue weighted by molar-refractivity contribution is -0.141. The Labute approximate surface area is 305 Å². The number of likely N-dealkylation sites (N-methyl/N-ethyl adjacent to an activating group) is 1. The number of primary amides is 1. The summed E-state index contributed by atoms with van der Waals surface area (Å²) in [5, 5.41) is 15.3. The van der Waals surface area contributed by atoms with Crippen LogP contribution in [-0.4, -0.2) is 127 Å². The Hall–Kier alpha value is -4.27. The second-order valence-corrected chi connectivity index (χ2v) is 14.6. The van der Waals surface area contributed by atoms with Crippen molar-refractivity contribution in [3.8, 4) is 0 Å². The first-order valence-electron chi connectivity index (χ1n) is 16.7. The number of carbonyl (C=O) groups is 8. The van der Waals surface area contributed by atoms with Crippen molar-refractivity contribution in [3.63, 3.8) is 0 Å². The van der Waals surface area contributed by atoms with Crippen LogP contribution < -0.4 is 49.1 Å². The normalized spacial score (nSPS) is 14.8. The van der Waals surface area contributed by atoms with E-state index in [1.807, 2.05) is 13.8 Å². The van der Waals surface area contributed by atoms with Crippen LogP contribution in [0.2, 0.25) is 0 Å². The van der Waals surface area contributed by atoms with Gasteiger partial charge in [0, 0.05) is 44.0 Å². The summed E-state index contributed by atoms with van der Waals surface area (Å²) in [4.78, 5) is 105. The fourth-order valence-corrected chi connectivity index (χ4v) is 6.85. The van der Waals surface area contributed by atoms with Crippen molar-refractivity contribution in [1.29, 1.82) is 0 Å². The molecule has 0 aliphatic carbocycles. The highest BCUT2D eigenvalue weighted by atomic mass is 33.1. The predicted molar refractivity (Wildman–Crippen MR) is 194 cm³/mol. The van der Waals surface area contributed by atoms with Crippen LogP contribution in [-0.2, 0) is 38.4 Å². The molecule has 8 amide bonds. The molecule has 1 aliphatic heterocycles. The molecule has 0 aromatic carbocycles. The number of hydrogen-bond acceptors (Lipinski definition) is 11. The zero-order chi connectivity index (χ0) is 38.3. The lowest BCUT2D eigenvalue weighted by Crippen LogP contribution is -2.57. The molecule has 1 fully saturated rings. The third kappa shape index (κ3) is 19.6. The number of nitrogens with two attached hydrogens (primary N) is 3. The number of aliphatic imine (C=N–C) groups is 1. The monoisotopic (exact) mass is 759 g/mol. The van der Waals surface area contributed by atoms with Gasteiger partial charge in [-0.1, -0.05) is 35.4 Å². The summed E-state index contributed by atoms with van der Waals surface area (Å²) in [7, 11) is 2.48. The molecular weight excluding hydrogens is 707 g/mol. The van der Waals surface area contributed by atoms with E-state index in [1.165, 1.54) is 26.5 Å². The van der Waals surface area contributed by atoms with E-state index < -0.39 is 53.6 Å². The summed E-state index contributed by atoms with van der Waals surface area (Å²) in [5.41, 5.74) is 15.7. The fourth-order valence-electron chi connectivity index (χ4n) is 4.71.